The van der Waals surface area contributed by atoms with E-state index in [-0.39, 0.29) is 11.6 Å². The number of aromatic nitrogens is 2. The van der Waals surface area contributed by atoms with E-state index in [1.54, 1.807) is 10.7 Å². The van der Waals surface area contributed by atoms with Crippen LogP contribution in [0, 0.1) is 11.8 Å². The molecule has 1 amide bonds. The number of aliphatic hydroxyl groups excluding tert-OH is 1. The zero-order valence-corrected chi connectivity index (χ0v) is 9.55. The Hall–Kier alpha value is -1.36. The van der Waals surface area contributed by atoms with E-state index in [0.717, 1.165) is 13.0 Å². The summed E-state index contributed by atoms with van der Waals surface area (Å²) in [5.41, 5.74) is 6.11. The summed E-state index contributed by atoms with van der Waals surface area (Å²) in [6.45, 7) is 4.92. The van der Waals surface area contributed by atoms with Gasteiger partial charge in [-0.05, 0) is 24.3 Å². The zero-order valence-electron chi connectivity index (χ0n) is 9.55. The number of hydrogen-bond acceptors (Lipinski definition) is 3. The van der Waals surface area contributed by atoms with E-state index in [2.05, 4.69) is 18.9 Å². The van der Waals surface area contributed by atoms with Crippen molar-refractivity contribution in [2.45, 2.75) is 32.9 Å². The Labute approximate surface area is 94.2 Å². The van der Waals surface area contributed by atoms with Crippen molar-refractivity contribution in [1.29, 1.82) is 0 Å². The van der Waals surface area contributed by atoms with E-state index in [0.29, 0.717) is 11.6 Å². The Morgan fingerprint density at radius 1 is 1.69 bits per heavy atom. The van der Waals surface area contributed by atoms with Gasteiger partial charge >= 0.3 is 0 Å². The normalized spacial score (nSPS) is 24.5. The fourth-order valence-corrected chi connectivity index (χ4v) is 2.32. The number of primary amides is 1. The molecule has 2 rings (SSSR count). The van der Waals surface area contributed by atoms with Crippen LogP contribution in [-0.4, -0.2) is 20.8 Å². The molecule has 2 unspecified atom stereocenters. The molecule has 0 radical (unpaired) electrons. The number of fused-ring (bicyclic) bond motifs is 1. The molecule has 3 N–H and O–H groups in total. The highest BCUT2D eigenvalue weighted by Crippen LogP contribution is 2.35. The van der Waals surface area contributed by atoms with Gasteiger partial charge in [0.15, 0.2) is 0 Å². The summed E-state index contributed by atoms with van der Waals surface area (Å²) in [6.07, 6.45) is 0.334. The first-order chi connectivity index (χ1) is 7.50. The Bertz CT molecular complexity index is 411. The molecule has 0 bridgehead atoms. The smallest absolute Gasteiger partial charge is 0.269 e. The number of rotatable bonds is 2. The van der Waals surface area contributed by atoms with Gasteiger partial charge in [0.2, 0.25) is 0 Å². The lowest BCUT2D eigenvalue weighted by atomic mass is 9.84. The highest BCUT2D eigenvalue weighted by atomic mass is 16.3. The monoisotopic (exact) mass is 223 g/mol. The van der Waals surface area contributed by atoms with Gasteiger partial charge in [-0.15, -0.1) is 0 Å². The van der Waals surface area contributed by atoms with Gasteiger partial charge in [0, 0.05) is 6.54 Å². The number of aliphatic hydroxyl groups is 1. The molecule has 1 aliphatic heterocycles. The fourth-order valence-electron chi connectivity index (χ4n) is 2.32. The summed E-state index contributed by atoms with van der Waals surface area (Å²) in [5, 5.41) is 14.3. The van der Waals surface area contributed by atoms with Gasteiger partial charge in [0.25, 0.3) is 5.91 Å². The van der Waals surface area contributed by atoms with Crippen LogP contribution in [0.4, 0.5) is 0 Å². The van der Waals surface area contributed by atoms with Crippen LogP contribution in [0.2, 0.25) is 0 Å². The van der Waals surface area contributed by atoms with Crippen LogP contribution in [-0.2, 0) is 6.54 Å². The third kappa shape index (κ3) is 1.71. The number of aryl methyl sites for hydroxylation is 1. The van der Waals surface area contributed by atoms with Crippen molar-refractivity contribution in [2.75, 3.05) is 0 Å². The molecule has 16 heavy (non-hydrogen) atoms. The first-order valence-electron chi connectivity index (χ1n) is 5.56. The second-order valence-electron chi connectivity index (χ2n) is 4.68. The summed E-state index contributed by atoms with van der Waals surface area (Å²) in [5.74, 6) is 0.0933. The zero-order chi connectivity index (χ0) is 11.9. The van der Waals surface area contributed by atoms with Crippen molar-refractivity contribution >= 4 is 5.91 Å². The predicted octanol–water partition coefficient (Wildman–Crippen LogP) is 0.691. The number of hydrogen-bond donors (Lipinski definition) is 2. The molecule has 2 heterocycles. The lowest BCUT2D eigenvalue weighted by Gasteiger charge is -2.31. The molecular formula is C11H17N3O2. The van der Waals surface area contributed by atoms with Gasteiger partial charge in [0.05, 0.1) is 11.8 Å². The summed E-state index contributed by atoms with van der Waals surface area (Å²) in [6, 6.07) is 1.60. The molecule has 0 spiro atoms. The summed E-state index contributed by atoms with van der Waals surface area (Å²) in [7, 11) is 0. The summed E-state index contributed by atoms with van der Waals surface area (Å²) in [4.78, 5) is 11.0. The van der Waals surface area contributed by atoms with E-state index in [4.69, 9.17) is 5.73 Å². The van der Waals surface area contributed by atoms with Crippen LogP contribution in [0.15, 0.2) is 6.07 Å². The van der Waals surface area contributed by atoms with Crippen LogP contribution in [0.1, 0.15) is 42.6 Å². The number of carbonyl (C=O) groups excluding carboxylic acids is 1. The minimum Gasteiger partial charge on any atom is -0.387 e. The van der Waals surface area contributed by atoms with Crippen LogP contribution < -0.4 is 5.73 Å². The van der Waals surface area contributed by atoms with Crippen molar-refractivity contribution in [3.8, 4) is 0 Å². The Balaban J connectivity index is 2.33. The first kappa shape index (κ1) is 11.1. The molecule has 5 nitrogen and oxygen atoms in total. The van der Waals surface area contributed by atoms with Gasteiger partial charge in [-0.25, -0.2) is 0 Å². The molecular weight excluding hydrogens is 206 g/mol. The minimum atomic E-state index is -0.547. The lowest BCUT2D eigenvalue weighted by Crippen LogP contribution is -2.28. The molecule has 0 saturated heterocycles. The molecule has 2 atom stereocenters. The second-order valence-corrected chi connectivity index (χ2v) is 4.68. The molecule has 5 heteroatoms. The topological polar surface area (TPSA) is 81.1 Å². The fraction of sp³-hybridized carbons (Fsp3) is 0.636. The van der Waals surface area contributed by atoms with Crippen molar-refractivity contribution in [2.24, 2.45) is 17.6 Å². The van der Waals surface area contributed by atoms with Crippen molar-refractivity contribution in [3.05, 3.63) is 17.5 Å². The van der Waals surface area contributed by atoms with Crippen LogP contribution >= 0.6 is 0 Å². The molecule has 0 aromatic carbocycles. The number of carbonyl (C=O) groups is 1. The maximum atomic E-state index is 11.0. The third-order valence-corrected chi connectivity index (χ3v) is 3.30. The quantitative estimate of drug-likeness (QED) is 0.774. The average molecular weight is 223 g/mol. The van der Waals surface area contributed by atoms with Crippen LogP contribution in [0.25, 0.3) is 0 Å². The van der Waals surface area contributed by atoms with E-state index in [9.17, 15) is 9.90 Å². The summed E-state index contributed by atoms with van der Waals surface area (Å²) >= 11 is 0. The van der Waals surface area contributed by atoms with Gasteiger partial charge in [-0.1, -0.05) is 13.8 Å². The SMILES string of the molecule is CC(C)C1CCn2nc(C(N)=O)cc2C1O. The highest BCUT2D eigenvalue weighted by Gasteiger charge is 2.32. The Kier molecular flexibility index (Phi) is 2.71. The molecule has 1 aromatic heterocycles. The van der Waals surface area contributed by atoms with E-state index in [1.807, 2.05) is 0 Å². The number of nitrogens with two attached hydrogens (primary N) is 1. The van der Waals surface area contributed by atoms with E-state index >= 15 is 0 Å². The maximum absolute atomic E-state index is 11.0. The van der Waals surface area contributed by atoms with E-state index < -0.39 is 12.0 Å². The van der Waals surface area contributed by atoms with Crippen molar-refractivity contribution in [3.63, 3.8) is 0 Å². The largest absolute Gasteiger partial charge is 0.387 e. The van der Waals surface area contributed by atoms with Gasteiger partial charge in [-0.2, -0.15) is 5.10 Å². The predicted molar refractivity (Wildman–Crippen MR) is 58.6 cm³/mol. The minimum absolute atomic E-state index is 0.227. The second kappa shape index (κ2) is 3.90. The number of nitrogens with zero attached hydrogens (tertiary/aromatic N) is 2. The summed E-state index contributed by atoms with van der Waals surface area (Å²) < 4.78 is 1.68. The molecule has 0 fully saturated rings. The van der Waals surface area contributed by atoms with Gasteiger partial charge in [0.1, 0.15) is 5.69 Å². The van der Waals surface area contributed by atoms with Crippen LogP contribution in [0.3, 0.4) is 0 Å². The van der Waals surface area contributed by atoms with E-state index in [1.165, 1.54) is 0 Å². The maximum Gasteiger partial charge on any atom is 0.269 e. The van der Waals surface area contributed by atoms with Crippen LogP contribution in [0.5, 0.6) is 0 Å². The van der Waals surface area contributed by atoms with Crippen molar-refractivity contribution in [1.82, 2.24) is 9.78 Å². The van der Waals surface area contributed by atoms with Gasteiger partial charge in [-0.3, -0.25) is 9.48 Å². The highest BCUT2D eigenvalue weighted by molar-refractivity contribution is 5.90. The Morgan fingerprint density at radius 3 is 2.94 bits per heavy atom. The standard InChI is InChI=1S/C11H17N3O2/c1-6(2)7-3-4-14-9(10(7)15)5-8(13-14)11(12)16/h5-7,10,15H,3-4H2,1-2H3,(H2,12,16). The molecule has 0 aliphatic carbocycles. The molecule has 88 valence electrons. The lowest BCUT2D eigenvalue weighted by molar-refractivity contribution is 0.0475. The van der Waals surface area contributed by atoms with Gasteiger partial charge < -0.3 is 10.8 Å². The first-order valence-corrected chi connectivity index (χ1v) is 5.56. The van der Waals surface area contributed by atoms with Crippen molar-refractivity contribution < 1.29 is 9.90 Å². The molecule has 1 aromatic rings. The number of amides is 1. The Morgan fingerprint density at radius 2 is 2.38 bits per heavy atom. The molecule has 0 saturated carbocycles. The third-order valence-electron chi connectivity index (χ3n) is 3.30. The average Bonchev–Trinajstić information content (AvgIpc) is 2.62. The molecule has 1 aliphatic rings.